The Morgan fingerprint density at radius 3 is 2.96 bits per heavy atom. The molecule has 0 saturated heterocycles. The van der Waals surface area contributed by atoms with E-state index in [9.17, 15) is 9.59 Å². The molecule has 0 aliphatic heterocycles. The number of nitrogens with one attached hydrogen (secondary N) is 1. The van der Waals surface area contributed by atoms with Gasteiger partial charge in [-0.25, -0.2) is 4.98 Å². The molecule has 146 valence electrons. The second-order valence-corrected chi connectivity index (χ2v) is 9.29. The molecule has 0 bridgehead atoms. The largest absolute Gasteiger partial charge is 0.363 e. The first kappa shape index (κ1) is 17.9. The van der Waals surface area contributed by atoms with Crippen LogP contribution in [-0.4, -0.2) is 26.4 Å². The smallest absolute Gasteiger partial charge is 0.263 e. The van der Waals surface area contributed by atoms with Crippen LogP contribution in [0.5, 0.6) is 0 Å². The minimum absolute atomic E-state index is 0.0794. The Bertz CT molecular complexity index is 1080. The Morgan fingerprint density at radius 2 is 2.18 bits per heavy atom. The molecule has 7 nitrogen and oxygen atoms in total. The maximum atomic E-state index is 13.5. The number of carbonyl (C=O) groups excluding carboxylic acids is 1. The summed E-state index contributed by atoms with van der Waals surface area (Å²) in [6.07, 6.45) is 8.81. The van der Waals surface area contributed by atoms with E-state index in [1.165, 1.54) is 28.5 Å². The van der Waals surface area contributed by atoms with Gasteiger partial charge in [-0.2, -0.15) is 0 Å². The van der Waals surface area contributed by atoms with Gasteiger partial charge in [0.2, 0.25) is 5.91 Å². The lowest BCUT2D eigenvalue weighted by atomic mass is 10.2. The van der Waals surface area contributed by atoms with Gasteiger partial charge in [-0.3, -0.25) is 14.2 Å². The molecule has 0 unspecified atom stereocenters. The van der Waals surface area contributed by atoms with Crippen LogP contribution in [0.15, 0.2) is 26.8 Å². The van der Waals surface area contributed by atoms with Crippen LogP contribution in [0, 0.1) is 0 Å². The summed E-state index contributed by atoms with van der Waals surface area (Å²) in [5.74, 6) is 0.361. The van der Waals surface area contributed by atoms with E-state index in [1.807, 2.05) is 4.57 Å². The van der Waals surface area contributed by atoms with E-state index in [4.69, 9.17) is 9.51 Å². The molecule has 0 atom stereocenters. The number of rotatable bonds is 5. The Balaban J connectivity index is 1.49. The zero-order valence-corrected chi connectivity index (χ0v) is 16.9. The van der Waals surface area contributed by atoms with Gasteiger partial charge in [0, 0.05) is 17.0 Å². The average Bonchev–Trinajstić information content (AvgIpc) is 3.44. The number of hydrogen-bond donors (Lipinski definition) is 1. The number of carbonyl (C=O) groups is 1. The van der Waals surface area contributed by atoms with E-state index in [-0.39, 0.29) is 23.3 Å². The summed E-state index contributed by atoms with van der Waals surface area (Å²) < 4.78 is 6.60. The van der Waals surface area contributed by atoms with E-state index in [1.54, 1.807) is 17.4 Å². The van der Waals surface area contributed by atoms with Crippen molar-refractivity contribution in [3.05, 3.63) is 33.1 Å². The lowest BCUT2D eigenvalue weighted by molar-refractivity contribution is -0.113. The predicted octanol–water partition coefficient (Wildman–Crippen LogP) is 3.78. The monoisotopic (exact) mass is 416 g/mol. The molecule has 2 aliphatic carbocycles. The molecule has 28 heavy (non-hydrogen) atoms. The van der Waals surface area contributed by atoms with Crippen LogP contribution in [0.1, 0.15) is 48.6 Å². The van der Waals surface area contributed by atoms with Crippen molar-refractivity contribution in [2.45, 2.75) is 56.1 Å². The number of thiophene rings is 1. The van der Waals surface area contributed by atoms with Crippen molar-refractivity contribution in [2.24, 2.45) is 0 Å². The summed E-state index contributed by atoms with van der Waals surface area (Å²) in [5.41, 5.74) is 1.29. The summed E-state index contributed by atoms with van der Waals surface area (Å²) in [5, 5.41) is 7.85. The summed E-state index contributed by atoms with van der Waals surface area (Å²) in [6.45, 7) is 0. The highest BCUT2D eigenvalue weighted by atomic mass is 32.2. The molecule has 0 aromatic carbocycles. The Morgan fingerprint density at radius 1 is 1.32 bits per heavy atom. The molecule has 5 rings (SSSR count). The minimum atomic E-state index is -0.195. The van der Waals surface area contributed by atoms with Crippen LogP contribution in [0.2, 0.25) is 0 Å². The van der Waals surface area contributed by atoms with Gasteiger partial charge in [0.25, 0.3) is 5.56 Å². The second kappa shape index (κ2) is 7.36. The first-order chi connectivity index (χ1) is 13.7. The Hall–Kier alpha value is -2.13. The molecule has 0 spiro atoms. The molecule has 3 aromatic heterocycles. The van der Waals surface area contributed by atoms with E-state index >= 15 is 0 Å². The molecular weight excluding hydrogens is 396 g/mol. The van der Waals surface area contributed by atoms with E-state index in [2.05, 4.69) is 10.5 Å². The van der Waals surface area contributed by atoms with Gasteiger partial charge >= 0.3 is 0 Å². The number of hydrogen-bond acceptors (Lipinski definition) is 7. The summed E-state index contributed by atoms with van der Waals surface area (Å²) in [4.78, 5) is 32.7. The van der Waals surface area contributed by atoms with Crippen molar-refractivity contribution in [3.63, 3.8) is 0 Å². The van der Waals surface area contributed by atoms with Crippen molar-refractivity contribution in [1.29, 1.82) is 0 Å². The van der Waals surface area contributed by atoms with Gasteiger partial charge in [0.05, 0.1) is 11.1 Å². The first-order valence-corrected chi connectivity index (χ1v) is 11.4. The molecule has 1 saturated carbocycles. The Kier molecular flexibility index (Phi) is 4.72. The second-order valence-electron chi connectivity index (χ2n) is 7.27. The number of aryl methyl sites for hydroxylation is 2. The lowest BCUT2D eigenvalue weighted by Gasteiger charge is -2.18. The zero-order valence-electron chi connectivity index (χ0n) is 15.3. The topological polar surface area (TPSA) is 90.0 Å². The fraction of sp³-hybridized carbons (Fsp3) is 0.474. The zero-order chi connectivity index (χ0) is 19.1. The molecule has 9 heteroatoms. The molecule has 0 radical (unpaired) electrons. The maximum absolute atomic E-state index is 13.5. The van der Waals surface area contributed by atoms with Crippen LogP contribution >= 0.6 is 23.1 Å². The highest BCUT2D eigenvalue weighted by Gasteiger charge is 2.27. The normalized spacial score (nSPS) is 16.7. The van der Waals surface area contributed by atoms with Crippen molar-refractivity contribution in [1.82, 2.24) is 14.7 Å². The third-order valence-corrected chi connectivity index (χ3v) is 7.60. The van der Waals surface area contributed by atoms with Crippen molar-refractivity contribution < 1.29 is 9.32 Å². The van der Waals surface area contributed by atoms with Crippen molar-refractivity contribution in [2.75, 3.05) is 11.1 Å². The number of nitrogens with zero attached hydrogens (tertiary/aromatic N) is 3. The number of amides is 1. The molecular formula is C19H20N4O3S2. The molecule has 1 amide bonds. The van der Waals surface area contributed by atoms with Crippen molar-refractivity contribution >= 4 is 45.0 Å². The predicted molar refractivity (Wildman–Crippen MR) is 109 cm³/mol. The van der Waals surface area contributed by atoms with Crippen LogP contribution < -0.4 is 10.9 Å². The highest BCUT2D eigenvalue weighted by Crippen LogP contribution is 2.38. The van der Waals surface area contributed by atoms with Gasteiger partial charge in [0.1, 0.15) is 11.1 Å². The lowest BCUT2D eigenvalue weighted by Crippen LogP contribution is -2.27. The third kappa shape index (κ3) is 3.16. The fourth-order valence-corrected chi connectivity index (χ4v) is 6.38. The fourth-order valence-electron chi connectivity index (χ4n) is 4.21. The summed E-state index contributed by atoms with van der Waals surface area (Å²) >= 11 is 2.96. The highest BCUT2D eigenvalue weighted by molar-refractivity contribution is 7.99. The third-order valence-electron chi connectivity index (χ3n) is 5.47. The number of anilines is 1. The SMILES string of the molecule is O=C(CSc1nc2sc3c(c2c(=O)n1C1CCCC1)CCC3)Nc1ccon1. The molecule has 1 fully saturated rings. The Labute approximate surface area is 169 Å². The van der Waals surface area contributed by atoms with Gasteiger partial charge in [-0.15, -0.1) is 11.3 Å². The van der Waals surface area contributed by atoms with Crippen LogP contribution in [0.3, 0.4) is 0 Å². The molecule has 1 N–H and O–H groups in total. The quantitative estimate of drug-likeness (QED) is 0.503. The van der Waals surface area contributed by atoms with E-state index in [0.29, 0.717) is 11.0 Å². The summed E-state index contributed by atoms with van der Waals surface area (Å²) in [7, 11) is 0. The standard InChI is InChI=1S/C19H20N4O3S2/c24-15(20-14-8-9-26-22-14)10-27-19-21-17-16(12-6-3-7-13(12)28-17)18(25)23(19)11-4-1-2-5-11/h8-9,11H,1-7,10H2,(H,20,22,24). The van der Waals surface area contributed by atoms with Gasteiger partial charge < -0.3 is 9.84 Å². The molecule has 3 heterocycles. The van der Waals surface area contributed by atoms with Crippen LogP contribution in [0.4, 0.5) is 5.82 Å². The minimum Gasteiger partial charge on any atom is -0.363 e. The molecule has 2 aliphatic rings. The maximum Gasteiger partial charge on any atom is 0.263 e. The van der Waals surface area contributed by atoms with Crippen LogP contribution in [-0.2, 0) is 17.6 Å². The number of aromatic nitrogens is 3. The van der Waals surface area contributed by atoms with E-state index in [0.717, 1.165) is 55.2 Å². The number of thioether (sulfide) groups is 1. The first-order valence-electron chi connectivity index (χ1n) is 9.60. The van der Waals surface area contributed by atoms with Crippen molar-refractivity contribution in [3.8, 4) is 0 Å². The number of fused-ring (bicyclic) bond motifs is 3. The van der Waals surface area contributed by atoms with Gasteiger partial charge in [-0.05, 0) is 37.7 Å². The molecule has 3 aromatic rings. The van der Waals surface area contributed by atoms with E-state index < -0.39 is 0 Å². The summed E-state index contributed by atoms with van der Waals surface area (Å²) in [6, 6.07) is 1.77. The van der Waals surface area contributed by atoms with Gasteiger partial charge in [-0.1, -0.05) is 29.8 Å². The van der Waals surface area contributed by atoms with Gasteiger partial charge in [0.15, 0.2) is 11.0 Å². The van der Waals surface area contributed by atoms with Crippen LogP contribution in [0.25, 0.3) is 10.2 Å². The average molecular weight is 417 g/mol.